The molecule has 0 spiro atoms. The monoisotopic (exact) mass is 816 g/mol. The summed E-state index contributed by atoms with van der Waals surface area (Å²) in [5, 5.41) is 36.2. The molecule has 59 heavy (non-hydrogen) atoms. The molecule has 0 bridgehead atoms. The van der Waals surface area contributed by atoms with E-state index in [1.165, 1.54) is 38.5 Å². The standard InChI is InChI=1S/C40H52N10O9/c1-5-21(2)34(46-23(4)52)40(59)50-35(22(3)51)39(58)44-19-33(54)47-32(16-26-18-42-20-45-26)38(57)49-31(14-24-10-12-27(53)13-11-24)37(56)48-30(36(41)55)15-25-17-43-29-9-7-6-8-28(25)29/h6-13,17-18,20-22,30-32,34-35,43,51,53H,5,14-16,19H2,1-4H3,(H2,41,55)(H,42,45)(H,44,58)(H,46,52)(H,47,54)(H,48,56)(H,49,57)(H,50,59)/t21-,22+,30-,31-,32-,34-,35-/m0/s1. The number of rotatable bonds is 21. The van der Waals surface area contributed by atoms with E-state index >= 15 is 0 Å². The first-order chi connectivity index (χ1) is 28.1. The molecule has 7 amide bonds. The van der Waals surface area contributed by atoms with E-state index in [-0.39, 0.29) is 30.9 Å². The number of aromatic hydroxyl groups is 1. The summed E-state index contributed by atoms with van der Waals surface area (Å²) in [5.41, 5.74) is 8.26. The summed E-state index contributed by atoms with van der Waals surface area (Å²) in [6, 6.07) is 7.01. The number of primary amides is 1. The van der Waals surface area contributed by atoms with E-state index < -0.39 is 84.2 Å². The summed E-state index contributed by atoms with van der Waals surface area (Å²) in [6.07, 6.45) is 3.46. The number of benzene rings is 2. The van der Waals surface area contributed by atoms with Crippen molar-refractivity contribution in [3.05, 3.63) is 84.1 Å². The van der Waals surface area contributed by atoms with Crippen LogP contribution in [-0.4, -0.2) is 109 Å². The minimum Gasteiger partial charge on any atom is -0.508 e. The van der Waals surface area contributed by atoms with Crippen molar-refractivity contribution in [3.8, 4) is 5.75 Å². The first-order valence-electron chi connectivity index (χ1n) is 19.1. The van der Waals surface area contributed by atoms with Crippen LogP contribution in [0.15, 0.2) is 67.3 Å². The number of nitrogens with two attached hydrogens (primary N) is 1. The van der Waals surface area contributed by atoms with Crippen LogP contribution in [0, 0.1) is 5.92 Å². The summed E-state index contributed by atoms with van der Waals surface area (Å²) in [5.74, 6) is -5.62. The van der Waals surface area contributed by atoms with Gasteiger partial charge < -0.3 is 57.8 Å². The molecule has 7 atom stereocenters. The van der Waals surface area contributed by atoms with Crippen molar-refractivity contribution in [2.24, 2.45) is 11.7 Å². The molecule has 12 N–H and O–H groups in total. The maximum atomic E-state index is 14.0. The Balaban J connectivity index is 1.49. The Bertz CT molecular complexity index is 2080. The van der Waals surface area contributed by atoms with Gasteiger partial charge in [0.05, 0.1) is 19.0 Å². The van der Waals surface area contributed by atoms with Crippen LogP contribution in [-0.2, 0) is 52.8 Å². The Hall–Kier alpha value is -6.76. The average Bonchev–Trinajstić information content (AvgIpc) is 3.87. The number of aromatic nitrogens is 3. The molecule has 2 aromatic carbocycles. The number of H-pyrrole nitrogens is 2. The molecule has 0 aliphatic carbocycles. The van der Waals surface area contributed by atoms with Crippen molar-refractivity contribution >= 4 is 52.3 Å². The van der Waals surface area contributed by atoms with Crippen LogP contribution in [0.2, 0.25) is 0 Å². The zero-order valence-corrected chi connectivity index (χ0v) is 33.2. The molecule has 0 fully saturated rings. The molecule has 0 unspecified atom stereocenters. The fourth-order valence-electron chi connectivity index (χ4n) is 6.28. The molecule has 0 aliphatic rings. The molecule has 316 valence electrons. The fraction of sp³-hybridized carbons (Fsp3) is 0.400. The maximum Gasteiger partial charge on any atom is 0.245 e. The van der Waals surface area contributed by atoms with E-state index in [9.17, 15) is 43.8 Å². The van der Waals surface area contributed by atoms with Crippen molar-refractivity contribution in [3.63, 3.8) is 0 Å². The molecule has 0 saturated carbocycles. The van der Waals surface area contributed by atoms with Gasteiger partial charge in [-0.2, -0.15) is 0 Å². The Morgan fingerprint density at radius 1 is 0.763 bits per heavy atom. The molecule has 4 rings (SSSR count). The summed E-state index contributed by atoms with van der Waals surface area (Å²) in [6.45, 7) is 5.39. The highest BCUT2D eigenvalue weighted by atomic mass is 16.3. The predicted molar refractivity (Wildman–Crippen MR) is 215 cm³/mol. The molecule has 2 aromatic heterocycles. The lowest BCUT2D eigenvalue weighted by Crippen LogP contribution is -2.60. The first kappa shape index (κ1) is 44.9. The zero-order chi connectivity index (χ0) is 43.2. The van der Waals surface area contributed by atoms with Gasteiger partial charge in [-0.1, -0.05) is 50.6 Å². The molecule has 0 aliphatic heterocycles. The molecule has 2 heterocycles. The van der Waals surface area contributed by atoms with Gasteiger partial charge >= 0.3 is 0 Å². The number of aliphatic hydroxyl groups excluding tert-OH is 1. The average molecular weight is 817 g/mol. The molecule has 0 radical (unpaired) electrons. The van der Waals surface area contributed by atoms with Gasteiger partial charge in [-0.25, -0.2) is 4.98 Å². The van der Waals surface area contributed by atoms with Crippen LogP contribution in [0.1, 0.15) is 50.9 Å². The van der Waals surface area contributed by atoms with Crippen molar-refractivity contribution in [2.45, 2.75) is 89.7 Å². The Morgan fingerprint density at radius 2 is 1.42 bits per heavy atom. The molecule has 0 saturated heterocycles. The second kappa shape index (κ2) is 21.1. The zero-order valence-electron chi connectivity index (χ0n) is 33.2. The SMILES string of the molecule is CC[C@H](C)[C@H](NC(C)=O)C(=O)N[C@H](C(=O)NCC(=O)N[C@@H](Cc1cnc[nH]1)C(=O)N[C@@H](Cc1ccc(O)cc1)C(=O)N[C@@H](Cc1c[nH]c2ccccc12)C(N)=O)[C@@H](C)O. The number of fused-ring (bicyclic) bond motifs is 1. The summed E-state index contributed by atoms with van der Waals surface area (Å²) < 4.78 is 0. The molecule has 19 nitrogen and oxygen atoms in total. The van der Waals surface area contributed by atoms with Crippen LogP contribution in [0.3, 0.4) is 0 Å². The van der Waals surface area contributed by atoms with E-state index in [0.29, 0.717) is 17.7 Å². The minimum atomic E-state index is -1.50. The number of para-hydroxylation sites is 1. The number of aromatic amines is 2. The molecular formula is C40H52N10O9. The van der Waals surface area contributed by atoms with E-state index in [0.717, 1.165) is 16.5 Å². The number of nitrogens with one attached hydrogen (secondary N) is 8. The lowest BCUT2D eigenvalue weighted by Gasteiger charge is -2.27. The van der Waals surface area contributed by atoms with Crippen LogP contribution in [0.25, 0.3) is 10.9 Å². The Morgan fingerprint density at radius 3 is 2.03 bits per heavy atom. The second-order valence-corrected chi connectivity index (χ2v) is 14.4. The van der Waals surface area contributed by atoms with Crippen LogP contribution >= 0.6 is 0 Å². The topological polar surface area (TPSA) is 303 Å². The number of phenolic OH excluding ortho intramolecular Hbond substituents is 1. The summed E-state index contributed by atoms with van der Waals surface area (Å²) in [4.78, 5) is 102. The van der Waals surface area contributed by atoms with Crippen molar-refractivity contribution in [2.75, 3.05) is 6.54 Å². The molecule has 4 aromatic rings. The predicted octanol–water partition coefficient (Wildman–Crippen LogP) is -0.903. The van der Waals surface area contributed by atoms with Gasteiger partial charge in [-0.05, 0) is 42.2 Å². The lowest BCUT2D eigenvalue weighted by atomic mass is 9.97. The van der Waals surface area contributed by atoms with Crippen molar-refractivity contribution < 1.29 is 43.8 Å². The van der Waals surface area contributed by atoms with Gasteiger partial charge in [0, 0.05) is 55.2 Å². The normalized spacial score (nSPS) is 14.7. The van der Waals surface area contributed by atoms with Crippen molar-refractivity contribution in [1.82, 2.24) is 46.9 Å². The first-order valence-corrected chi connectivity index (χ1v) is 19.1. The molecular weight excluding hydrogens is 765 g/mol. The van der Waals surface area contributed by atoms with Gasteiger partial charge in [-0.15, -0.1) is 0 Å². The number of nitrogens with zero attached hydrogens (tertiary/aromatic N) is 1. The van der Waals surface area contributed by atoms with E-state index in [2.05, 4.69) is 46.9 Å². The number of aliphatic hydroxyl groups is 1. The van der Waals surface area contributed by atoms with E-state index in [1.807, 2.05) is 31.2 Å². The van der Waals surface area contributed by atoms with Gasteiger partial charge in [0.25, 0.3) is 0 Å². The number of amides is 7. The van der Waals surface area contributed by atoms with Crippen molar-refractivity contribution in [1.29, 1.82) is 0 Å². The fourth-order valence-corrected chi connectivity index (χ4v) is 6.28. The Labute approximate surface area is 340 Å². The number of phenols is 1. The Kier molecular flexibility index (Phi) is 16.1. The quantitative estimate of drug-likeness (QED) is 0.0493. The third-order valence-electron chi connectivity index (χ3n) is 9.74. The third-order valence-corrected chi connectivity index (χ3v) is 9.74. The number of carbonyl (C=O) groups excluding carboxylic acids is 7. The second-order valence-electron chi connectivity index (χ2n) is 14.4. The van der Waals surface area contributed by atoms with E-state index in [1.54, 1.807) is 25.3 Å². The minimum absolute atomic E-state index is 0.0249. The number of imidazole rings is 1. The van der Waals surface area contributed by atoms with Gasteiger partial charge in [-0.3, -0.25) is 33.6 Å². The molecule has 19 heteroatoms. The lowest BCUT2D eigenvalue weighted by molar-refractivity contribution is -0.135. The largest absolute Gasteiger partial charge is 0.508 e. The van der Waals surface area contributed by atoms with Gasteiger partial charge in [0.1, 0.15) is 36.0 Å². The highest BCUT2D eigenvalue weighted by Gasteiger charge is 2.33. The van der Waals surface area contributed by atoms with Gasteiger partial charge in [0.2, 0.25) is 41.4 Å². The maximum absolute atomic E-state index is 14.0. The number of hydrogen-bond acceptors (Lipinski definition) is 10. The summed E-state index contributed by atoms with van der Waals surface area (Å²) >= 11 is 0. The van der Waals surface area contributed by atoms with Gasteiger partial charge in [0.15, 0.2) is 0 Å². The van der Waals surface area contributed by atoms with Crippen LogP contribution < -0.4 is 37.6 Å². The van der Waals surface area contributed by atoms with Crippen LogP contribution in [0.4, 0.5) is 0 Å². The third kappa shape index (κ3) is 13.1. The van der Waals surface area contributed by atoms with Crippen LogP contribution in [0.5, 0.6) is 5.75 Å². The number of carbonyl (C=O) groups is 7. The highest BCUT2D eigenvalue weighted by Crippen LogP contribution is 2.19. The number of hydrogen-bond donors (Lipinski definition) is 11. The smallest absolute Gasteiger partial charge is 0.245 e. The summed E-state index contributed by atoms with van der Waals surface area (Å²) in [7, 11) is 0. The van der Waals surface area contributed by atoms with E-state index in [4.69, 9.17) is 5.73 Å². The highest BCUT2D eigenvalue weighted by molar-refractivity contribution is 5.96.